The summed E-state index contributed by atoms with van der Waals surface area (Å²) in [5, 5.41) is 14.4. The average molecular weight is 275 g/mol. The first-order valence-electron chi connectivity index (χ1n) is 5.93. The Morgan fingerprint density at radius 1 is 1.37 bits per heavy atom. The second-order valence-corrected chi connectivity index (χ2v) is 4.97. The number of nitriles is 1. The van der Waals surface area contributed by atoms with Gasteiger partial charge >= 0.3 is 0 Å². The molecular weight excluding hydrogens is 260 g/mol. The number of hydrogen-bond donors (Lipinski definition) is 1. The van der Waals surface area contributed by atoms with Crippen molar-refractivity contribution in [3.8, 4) is 6.07 Å². The monoisotopic (exact) mass is 274 g/mol. The highest BCUT2D eigenvalue weighted by Crippen LogP contribution is 2.24. The number of rotatable bonds is 3. The Bertz CT molecular complexity index is 627. The molecule has 0 radical (unpaired) electrons. The van der Waals surface area contributed by atoms with E-state index < -0.39 is 5.54 Å². The number of hydrogen-bond acceptors (Lipinski definition) is 3. The molecule has 0 saturated carbocycles. The third-order valence-corrected chi connectivity index (χ3v) is 3.73. The van der Waals surface area contributed by atoms with Crippen molar-refractivity contribution in [1.29, 1.82) is 5.26 Å². The van der Waals surface area contributed by atoms with Crippen molar-refractivity contribution in [2.75, 3.05) is 0 Å². The predicted octanol–water partition coefficient (Wildman–Crippen LogP) is 2.53. The van der Waals surface area contributed by atoms with E-state index in [4.69, 9.17) is 17.3 Å². The van der Waals surface area contributed by atoms with Crippen LogP contribution in [0.15, 0.2) is 30.3 Å². The van der Waals surface area contributed by atoms with E-state index in [0.717, 1.165) is 17.0 Å². The summed E-state index contributed by atoms with van der Waals surface area (Å²) < 4.78 is 1.69. The number of aromatic nitrogens is 2. The molecule has 19 heavy (non-hydrogen) atoms. The van der Waals surface area contributed by atoms with Gasteiger partial charge in [0.2, 0.25) is 0 Å². The zero-order valence-electron chi connectivity index (χ0n) is 10.9. The summed E-state index contributed by atoms with van der Waals surface area (Å²) in [7, 11) is 0. The van der Waals surface area contributed by atoms with Crippen LogP contribution in [0.2, 0.25) is 5.02 Å². The maximum Gasteiger partial charge on any atom is 0.149 e. The minimum atomic E-state index is -1.12. The highest BCUT2D eigenvalue weighted by atomic mass is 35.5. The van der Waals surface area contributed by atoms with Crippen molar-refractivity contribution < 1.29 is 0 Å². The molecule has 0 aliphatic rings. The van der Waals surface area contributed by atoms with Crippen molar-refractivity contribution in [2.45, 2.75) is 25.9 Å². The van der Waals surface area contributed by atoms with Crippen molar-refractivity contribution in [3.05, 3.63) is 52.3 Å². The van der Waals surface area contributed by atoms with Gasteiger partial charge in [0.05, 0.1) is 29.0 Å². The lowest BCUT2D eigenvalue weighted by atomic mass is 9.92. The lowest BCUT2D eigenvalue weighted by Gasteiger charge is -2.22. The zero-order valence-corrected chi connectivity index (χ0v) is 11.6. The maximum atomic E-state index is 9.42. The number of nitrogens with two attached hydrogens (primary N) is 1. The van der Waals surface area contributed by atoms with Gasteiger partial charge in [-0.25, -0.2) is 0 Å². The Kier molecular flexibility index (Phi) is 3.61. The van der Waals surface area contributed by atoms with Crippen molar-refractivity contribution >= 4 is 11.6 Å². The number of halogens is 1. The van der Waals surface area contributed by atoms with Crippen LogP contribution in [-0.4, -0.2) is 9.78 Å². The minimum Gasteiger partial charge on any atom is -0.308 e. The van der Waals surface area contributed by atoms with Crippen LogP contribution >= 0.6 is 11.6 Å². The molecule has 1 aromatic heterocycles. The topological polar surface area (TPSA) is 67.6 Å². The van der Waals surface area contributed by atoms with E-state index in [1.807, 2.05) is 44.2 Å². The lowest BCUT2D eigenvalue weighted by molar-refractivity contribution is 0.434. The van der Waals surface area contributed by atoms with Crippen LogP contribution in [0, 0.1) is 25.2 Å². The molecule has 98 valence electrons. The minimum absolute atomic E-state index is 0.271. The highest BCUT2D eigenvalue weighted by Gasteiger charge is 2.29. The fourth-order valence-electron chi connectivity index (χ4n) is 1.99. The summed E-state index contributed by atoms with van der Waals surface area (Å²) in [6.45, 7) is 3.97. The van der Waals surface area contributed by atoms with Gasteiger partial charge in [-0.05, 0) is 19.4 Å². The summed E-state index contributed by atoms with van der Waals surface area (Å²) in [4.78, 5) is 0. The molecule has 0 aliphatic carbocycles. The quantitative estimate of drug-likeness (QED) is 0.935. The molecule has 1 unspecified atom stereocenters. The molecule has 0 amide bonds. The van der Waals surface area contributed by atoms with Gasteiger partial charge in [0.1, 0.15) is 5.54 Å². The van der Waals surface area contributed by atoms with Gasteiger partial charge in [-0.3, -0.25) is 4.68 Å². The van der Waals surface area contributed by atoms with Crippen molar-refractivity contribution in [1.82, 2.24) is 9.78 Å². The fraction of sp³-hybridized carbons (Fsp3) is 0.286. The van der Waals surface area contributed by atoms with Crippen LogP contribution in [-0.2, 0) is 12.1 Å². The number of aryl methyl sites for hydroxylation is 1. The van der Waals surface area contributed by atoms with Crippen LogP contribution in [0.1, 0.15) is 17.0 Å². The molecular formula is C14H15ClN4. The molecule has 1 atom stereocenters. The van der Waals surface area contributed by atoms with E-state index in [1.54, 1.807) is 4.68 Å². The molecule has 0 saturated heterocycles. The lowest BCUT2D eigenvalue weighted by Crippen LogP contribution is -2.40. The van der Waals surface area contributed by atoms with Gasteiger partial charge in [-0.1, -0.05) is 41.9 Å². The first-order valence-corrected chi connectivity index (χ1v) is 6.31. The smallest absolute Gasteiger partial charge is 0.149 e. The normalized spacial score (nSPS) is 13.8. The maximum absolute atomic E-state index is 9.42. The summed E-state index contributed by atoms with van der Waals surface area (Å²) in [5.74, 6) is 0. The molecule has 1 aromatic carbocycles. The van der Waals surface area contributed by atoms with Crippen LogP contribution in [0.3, 0.4) is 0 Å². The van der Waals surface area contributed by atoms with Crippen molar-refractivity contribution in [3.63, 3.8) is 0 Å². The summed E-state index contributed by atoms with van der Waals surface area (Å²) in [5.41, 5.74) is 7.42. The Morgan fingerprint density at radius 2 is 2.00 bits per heavy atom. The molecule has 0 aliphatic heterocycles. The molecule has 0 fully saturated rings. The first kappa shape index (κ1) is 13.6. The molecule has 2 aromatic rings. The number of benzene rings is 1. The Hall–Kier alpha value is -1.83. The second-order valence-electron chi connectivity index (χ2n) is 4.59. The number of nitrogens with zero attached hydrogens (tertiary/aromatic N) is 3. The van der Waals surface area contributed by atoms with E-state index in [1.165, 1.54) is 0 Å². The highest BCUT2D eigenvalue weighted by molar-refractivity contribution is 6.31. The Balaban J connectivity index is 2.39. The van der Waals surface area contributed by atoms with E-state index in [0.29, 0.717) is 5.02 Å². The molecule has 1 heterocycles. The SMILES string of the molecule is Cc1nn(CC(N)(C#N)c2ccccc2)c(C)c1Cl. The first-order chi connectivity index (χ1) is 8.98. The molecule has 5 heteroatoms. The van der Waals surface area contributed by atoms with Gasteiger partial charge in [0.15, 0.2) is 0 Å². The van der Waals surface area contributed by atoms with E-state index in [9.17, 15) is 5.26 Å². The van der Waals surface area contributed by atoms with Gasteiger partial charge in [-0.15, -0.1) is 0 Å². The third-order valence-electron chi connectivity index (χ3n) is 3.18. The second kappa shape index (κ2) is 5.04. The van der Waals surface area contributed by atoms with Crippen LogP contribution in [0.5, 0.6) is 0 Å². The molecule has 2 N–H and O–H groups in total. The van der Waals surface area contributed by atoms with Crippen molar-refractivity contribution in [2.24, 2.45) is 5.73 Å². The Morgan fingerprint density at radius 3 is 2.47 bits per heavy atom. The van der Waals surface area contributed by atoms with Gasteiger partial charge in [-0.2, -0.15) is 10.4 Å². The molecule has 0 bridgehead atoms. The van der Waals surface area contributed by atoms with Gasteiger partial charge < -0.3 is 5.73 Å². The van der Waals surface area contributed by atoms with Gasteiger partial charge in [0, 0.05) is 0 Å². The third kappa shape index (κ3) is 2.48. The van der Waals surface area contributed by atoms with E-state index >= 15 is 0 Å². The van der Waals surface area contributed by atoms with E-state index in [2.05, 4.69) is 11.2 Å². The zero-order chi connectivity index (χ0) is 14.0. The van der Waals surface area contributed by atoms with E-state index in [-0.39, 0.29) is 6.54 Å². The summed E-state index contributed by atoms with van der Waals surface area (Å²) >= 11 is 6.11. The molecule has 2 rings (SSSR count). The summed E-state index contributed by atoms with van der Waals surface area (Å²) in [6.07, 6.45) is 0. The van der Waals surface area contributed by atoms with Crippen LogP contribution in [0.25, 0.3) is 0 Å². The van der Waals surface area contributed by atoms with Crippen LogP contribution < -0.4 is 5.73 Å². The standard InChI is InChI=1S/C14H15ClN4/c1-10-13(15)11(2)19(18-10)9-14(17,8-16)12-6-4-3-5-7-12/h3-7H,9,17H2,1-2H3. The van der Waals surface area contributed by atoms with Crippen LogP contribution in [0.4, 0.5) is 0 Å². The molecule has 4 nitrogen and oxygen atoms in total. The predicted molar refractivity (Wildman–Crippen MR) is 74.6 cm³/mol. The fourth-order valence-corrected chi connectivity index (χ4v) is 2.13. The largest absolute Gasteiger partial charge is 0.308 e. The van der Waals surface area contributed by atoms with Gasteiger partial charge in [0.25, 0.3) is 0 Å². The molecule has 0 spiro atoms. The average Bonchev–Trinajstić information content (AvgIpc) is 2.67. The Labute approximate surface area is 117 Å². The summed E-state index contributed by atoms with van der Waals surface area (Å²) in [6, 6.07) is 11.5.